The number of sulfone groups is 1. The molecule has 128 valence electrons. The summed E-state index contributed by atoms with van der Waals surface area (Å²) in [6.45, 7) is 0.786. The zero-order valence-corrected chi connectivity index (χ0v) is 14.7. The molecule has 2 aromatic carbocycles. The van der Waals surface area contributed by atoms with E-state index in [1.807, 2.05) is 24.3 Å². The second-order valence-electron chi connectivity index (χ2n) is 5.24. The Balaban J connectivity index is 1.91. The fourth-order valence-corrected chi connectivity index (χ4v) is 3.36. The highest BCUT2D eigenvalue weighted by molar-refractivity contribution is 7.92. The van der Waals surface area contributed by atoms with Crippen LogP contribution in [0.4, 0.5) is 0 Å². The van der Waals surface area contributed by atoms with Gasteiger partial charge in [0.05, 0.1) is 11.5 Å². The molecule has 5 nitrogen and oxygen atoms in total. The topological polar surface area (TPSA) is 72.5 Å². The van der Waals surface area contributed by atoms with Crippen LogP contribution in [-0.2, 0) is 32.5 Å². The normalized spacial score (nSPS) is 11.2. The van der Waals surface area contributed by atoms with E-state index in [-0.39, 0.29) is 11.4 Å². The van der Waals surface area contributed by atoms with Crippen LogP contribution in [0, 0.1) is 0 Å². The molecule has 0 radical (unpaired) electrons. The maximum absolute atomic E-state index is 12.2. The van der Waals surface area contributed by atoms with Gasteiger partial charge < -0.3 is 10.1 Å². The average Bonchev–Trinajstić information content (AvgIpc) is 2.54. The lowest BCUT2D eigenvalue weighted by molar-refractivity contribution is -0.118. The molecule has 0 bridgehead atoms. The molecule has 0 heterocycles. The quantitative estimate of drug-likeness (QED) is 0.816. The van der Waals surface area contributed by atoms with Crippen LogP contribution in [0.25, 0.3) is 0 Å². The molecule has 0 aliphatic carbocycles. The number of hydrogen-bond donors (Lipinski definition) is 1. The van der Waals surface area contributed by atoms with Crippen molar-refractivity contribution in [3.8, 4) is 0 Å². The van der Waals surface area contributed by atoms with Crippen LogP contribution in [0.2, 0.25) is 5.02 Å². The molecule has 2 aromatic rings. The summed E-state index contributed by atoms with van der Waals surface area (Å²) in [5.41, 5.74) is 1.91. The minimum atomic E-state index is -3.68. The maximum atomic E-state index is 12.2. The molecule has 0 aliphatic heterocycles. The third-order valence-electron chi connectivity index (χ3n) is 3.32. The van der Waals surface area contributed by atoms with E-state index in [2.05, 4.69) is 5.32 Å². The van der Waals surface area contributed by atoms with Crippen LogP contribution in [0.5, 0.6) is 0 Å². The zero-order valence-electron chi connectivity index (χ0n) is 13.2. The van der Waals surface area contributed by atoms with Gasteiger partial charge in [-0.25, -0.2) is 8.42 Å². The number of benzene rings is 2. The van der Waals surface area contributed by atoms with Crippen LogP contribution in [0.3, 0.4) is 0 Å². The van der Waals surface area contributed by atoms with Crippen LogP contribution in [0.15, 0.2) is 53.4 Å². The smallest absolute Gasteiger partial charge is 0.235 e. The summed E-state index contributed by atoms with van der Waals surface area (Å²) in [6.07, 6.45) is 0. The van der Waals surface area contributed by atoms with Gasteiger partial charge >= 0.3 is 0 Å². The molecule has 0 aromatic heterocycles. The molecule has 2 rings (SSSR count). The fourth-order valence-electron chi connectivity index (χ4n) is 2.07. The van der Waals surface area contributed by atoms with Crippen LogP contribution in [-0.4, -0.2) is 27.2 Å². The number of rotatable bonds is 7. The monoisotopic (exact) mass is 367 g/mol. The van der Waals surface area contributed by atoms with E-state index in [0.29, 0.717) is 11.6 Å². The van der Waals surface area contributed by atoms with Gasteiger partial charge in [0.15, 0.2) is 9.84 Å². The van der Waals surface area contributed by atoms with Crippen molar-refractivity contribution in [3.05, 3.63) is 64.7 Å². The maximum Gasteiger partial charge on any atom is 0.235 e. The van der Waals surface area contributed by atoms with Crippen molar-refractivity contribution in [2.24, 2.45) is 0 Å². The van der Waals surface area contributed by atoms with Gasteiger partial charge in [0, 0.05) is 18.7 Å². The molecule has 0 saturated heterocycles. The van der Waals surface area contributed by atoms with Crippen molar-refractivity contribution in [1.29, 1.82) is 0 Å². The lowest BCUT2D eigenvalue weighted by Gasteiger charge is -2.07. The van der Waals surface area contributed by atoms with Gasteiger partial charge in [-0.05, 0) is 35.4 Å². The molecule has 7 heteroatoms. The SMILES string of the molecule is COCc1ccc(CNC(=O)CS(=O)(=O)c2ccc(Cl)cc2)cc1. The number of ether oxygens (including phenoxy) is 1. The van der Waals surface area contributed by atoms with Gasteiger partial charge in [0.1, 0.15) is 5.75 Å². The highest BCUT2D eigenvalue weighted by Crippen LogP contribution is 2.15. The Morgan fingerprint density at radius 1 is 1.04 bits per heavy atom. The number of carbonyl (C=O) groups excluding carboxylic acids is 1. The molecule has 0 fully saturated rings. The summed E-state index contributed by atoms with van der Waals surface area (Å²) in [7, 11) is -2.06. The third kappa shape index (κ3) is 5.33. The Kier molecular flexibility index (Phi) is 6.36. The van der Waals surface area contributed by atoms with Crippen LogP contribution < -0.4 is 5.32 Å². The van der Waals surface area contributed by atoms with E-state index in [1.165, 1.54) is 24.3 Å². The fraction of sp³-hybridized carbons (Fsp3) is 0.235. The van der Waals surface area contributed by atoms with E-state index < -0.39 is 21.5 Å². The first-order valence-electron chi connectivity index (χ1n) is 7.22. The number of methoxy groups -OCH3 is 1. The van der Waals surface area contributed by atoms with Crippen molar-refractivity contribution in [3.63, 3.8) is 0 Å². The first-order chi connectivity index (χ1) is 11.4. The second kappa shape index (κ2) is 8.28. The standard InChI is InChI=1S/C17H18ClNO4S/c1-23-11-14-4-2-13(3-5-14)10-19-17(20)12-24(21,22)16-8-6-15(18)7-9-16/h2-9H,10-12H2,1H3,(H,19,20). The molecular formula is C17H18ClNO4S. The van der Waals surface area contributed by atoms with Crippen molar-refractivity contribution in [2.45, 2.75) is 18.0 Å². The Labute approximate surface area is 146 Å². The lowest BCUT2D eigenvalue weighted by atomic mass is 10.1. The van der Waals surface area contributed by atoms with Gasteiger partial charge in [-0.1, -0.05) is 35.9 Å². The molecule has 0 unspecified atom stereocenters. The van der Waals surface area contributed by atoms with Crippen molar-refractivity contribution < 1.29 is 17.9 Å². The number of nitrogens with one attached hydrogen (secondary N) is 1. The number of hydrogen-bond acceptors (Lipinski definition) is 4. The van der Waals surface area contributed by atoms with Crippen molar-refractivity contribution in [1.82, 2.24) is 5.32 Å². The predicted octanol–water partition coefficient (Wildman–Crippen LogP) is 2.58. The summed E-state index contributed by atoms with van der Waals surface area (Å²) >= 11 is 5.73. The summed E-state index contributed by atoms with van der Waals surface area (Å²) in [5.74, 6) is -1.15. The summed E-state index contributed by atoms with van der Waals surface area (Å²) < 4.78 is 29.4. The Bertz CT molecular complexity index is 786. The van der Waals surface area contributed by atoms with E-state index in [0.717, 1.165) is 11.1 Å². The summed E-state index contributed by atoms with van der Waals surface area (Å²) in [4.78, 5) is 12.0. The van der Waals surface area contributed by atoms with Crippen molar-refractivity contribution >= 4 is 27.3 Å². The largest absolute Gasteiger partial charge is 0.380 e. The van der Waals surface area contributed by atoms with Gasteiger partial charge in [-0.15, -0.1) is 0 Å². The highest BCUT2D eigenvalue weighted by Gasteiger charge is 2.19. The van der Waals surface area contributed by atoms with Gasteiger partial charge in [-0.2, -0.15) is 0 Å². The third-order valence-corrected chi connectivity index (χ3v) is 5.20. The minimum Gasteiger partial charge on any atom is -0.380 e. The first kappa shape index (κ1) is 18.4. The molecule has 0 spiro atoms. The minimum absolute atomic E-state index is 0.0750. The van der Waals surface area contributed by atoms with E-state index >= 15 is 0 Å². The molecule has 1 amide bonds. The molecule has 0 saturated carbocycles. The van der Waals surface area contributed by atoms with E-state index in [4.69, 9.17) is 16.3 Å². The molecular weight excluding hydrogens is 350 g/mol. The highest BCUT2D eigenvalue weighted by atomic mass is 35.5. The summed E-state index contributed by atoms with van der Waals surface area (Å²) in [6, 6.07) is 13.3. The number of amides is 1. The average molecular weight is 368 g/mol. The lowest BCUT2D eigenvalue weighted by Crippen LogP contribution is -2.29. The summed E-state index contributed by atoms with van der Waals surface area (Å²) in [5, 5.41) is 3.05. The Morgan fingerprint density at radius 2 is 1.62 bits per heavy atom. The predicted molar refractivity (Wildman–Crippen MR) is 92.5 cm³/mol. The Hall–Kier alpha value is -1.89. The van der Waals surface area contributed by atoms with Gasteiger partial charge in [0.25, 0.3) is 0 Å². The van der Waals surface area contributed by atoms with Gasteiger partial charge in [-0.3, -0.25) is 4.79 Å². The van der Waals surface area contributed by atoms with Crippen LogP contribution in [0.1, 0.15) is 11.1 Å². The molecule has 24 heavy (non-hydrogen) atoms. The second-order valence-corrected chi connectivity index (χ2v) is 7.67. The van der Waals surface area contributed by atoms with Crippen molar-refractivity contribution in [2.75, 3.05) is 12.9 Å². The molecule has 0 aliphatic rings. The van der Waals surface area contributed by atoms with E-state index in [9.17, 15) is 13.2 Å². The van der Waals surface area contributed by atoms with Crippen LogP contribution >= 0.6 is 11.6 Å². The van der Waals surface area contributed by atoms with Gasteiger partial charge in [0.2, 0.25) is 5.91 Å². The first-order valence-corrected chi connectivity index (χ1v) is 9.25. The molecule has 0 atom stereocenters. The van der Waals surface area contributed by atoms with E-state index in [1.54, 1.807) is 7.11 Å². The number of halogens is 1. The Morgan fingerprint density at radius 3 is 2.21 bits per heavy atom. The number of carbonyl (C=O) groups is 1. The zero-order chi connectivity index (χ0) is 17.6. The molecule has 1 N–H and O–H groups in total.